The molecule has 0 saturated heterocycles. The molecule has 1 N–H and O–H groups in total. The third kappa shape index (κ3) is 7.17. The molecule has 0 radical (unpaired) electrons. The fourth-order valence-electron chi connectivity index (χ4n) is 1.33. The Hall–Kier alpha value is -1.92. The van der Waals surface area contributed by atoms with Gasteiger partial charge in [0.15, 0.2) is 0 Å². The molecule has 2 nitrogen and oxygen atoms in total. The van der Waals surface area contributed by atoms with Crippen molar-refractivity contribution in [3.05, 3.63) is 73.3 Å². The largest absolute Gasteiger partial charge is 0.481 e. The van der Waals surface area contributed by atoms with Gasteiger partial charge in [0.05, 0.1) is 6.42 Å². The number of carboxylic acids is 1. The summed E-state index contributed by atoms with van der Waals surface area (Å²) in [5, 5.41) is 10.6. The first kappa shape index (κ1) is 15.1. The Morgan fingerprint density at radius 2 is 1.42 bits per heavy atom. The maximum Gasteiger partial charge on any atom is 0.307 e. The van der Waals surface area contributed by atoms with Crippen LogP contribution in [0.25, 0.3) is 0 Å². The number of carbonyl (C=O) groups is 1. The molecule has 0 aromatic heterocycles. The van der Waals surface area contributed by atoms with Gasteiger partial charge in [-0.05, 0) is 10.6 Å². The summed E-state index contributed by atoms with van der Waals surface area (Å²) in [4.78, 5) is 9.53. The molecular weight excluding hydrogens is 255 g/mol. The summed E-state index contributed by atoms with van der Waals surface area (Å²) in [6.07, 6.45) is 1.41. The summed E-state index contributed by atoms with van der Waals surface area (Å²) in [6, 6.07) is 21.2. The third-order valence-electron chi connectivity index (χ3n) is 2.16. The van der Waals surface area contributed by atoms with Gasteiger partial charge in [-0.2, -0.15) is 0 Å². The average molecular weight is 272 g/mol. The molecule has 2 aromatic rings. The molecule has 0 amide bonds. The van der Waals surface area contributed by atoms with Crippen LogP contribution in [0.2, 0.25) is 0 Å². The summed E-state index contributed by atoms with van der Waals surface area (Å²) in [5.74, 6) is -0.829. The third-order valence-corrected chi connectivity index (χ3v) is 3.40. The first-order chi connectivity index (χ1) is 9.22. The van der Waals surface area contributed by atoms with Crippen molar-refractivity contribution in [1.29, 1.82) is 0 Å². The smallest absolute Gasteiger partial charge is 0.307 e. The molecule has 0 fully saturated rings. The van der Waals surface area contributed by atoms with Crippen LogP contribution in [0, 0.1) is 0 Å². The molecule has 0 atom stereocenters. The van der Waals surface area contributed by atoms with E-state index < -0.39 is 5.97 Å². The molecule has 0 saturated carbocycles. The molecule has 0 unspecified atom stereocenters. The van der Waals surface area contributed by atoms with Crippen molar-refractivity contribution in [3.8, 4) is 0 Å². The molecule has 0 aliphatic carbocycles. The monoisotopic (exact) mass is 272 g/mol. The van der Waals surface area contributed by atoms with Gasteiger partial charge in [-0.1, -0.05) is 75.3 Å². The molecule has 98 valence electrons. The molecule has 2 aromatic carbocycles. The predicted molar refractivity (Wildman–Crippen MR) is 82.9 cm³/mol. The normalized spacial score (nSPS) is 9.05. The number of aliphatic carboxylic acids is 1. The lowest BCUT2D eigenvalue weighted by Crippen LogP contribution is -2.01. The quantitative estimate of drug-likeness (QED) is 0.686. The van der Waals surface area contributed by atoms with Gasteiger partial charge in [-0.25, -0.2) is 0 Å². The molecule has 3 heteroatoms. The zero-order valence-electron chi connectivity index (χ0n) is 10.6. The van der Waals surface area contributed by atoms with Crippen LogP contribution in [0.5, 0.6) is 0 Å². The summed E-state index contributed by atoms with van der Waals surface area (Å²) in [5.41, 5.74) is 0. The van der Waals surface area contributed by atoms with E-state index in [0.717, 1.165) is 8.58 Å². The van der Waals surface area contributed by atoms with Crippen molar-refractivity contribution in [2.24, 2.45) is 0 Å². The first-order valence-corrected chi connectivity index (χ1v) is 6.92. The second kappa shape index (κ2) is 9.07. The molecule has 0 spiro atoms. The highest BCUT2D eigenvalue weighted by atomic mass is 31.1. The van der Waals surface area contributed by atoms with Crippen LogP contribution in [0.4, 0.5) is 0 Å². The van der Waals surface area contributed by atoms with Crippen LogP contribution in [0.3, 0.4) is 0 Å². The van der Waals surface area contributed by atoms with Crippen molar-refractivity contribution in [2.75, 3.05) is 0 Å². The maximum atomic E-state index is 9.53. The standard InChI is InChI=1S/C12H11P.C4H6O2/c1-3-7-11(8-4-1)13-12-9-5-2-6-10-12;1-2-3-4(5)6/h1-10,13H;2H,1,3H2,(H,5,6). The number of carboxylic acid groups (broad SMARTS) is 1. The van der Waals surface area contributed by atoms with E-state index in [1.807, 2.05) is 0 Å². The van der Waals surface area contributed by atoms with Gasteiger partial charge < -0.3 is 5.11 Å². The minimum Gasteiger partial charge on any atom is -0.481 e. The van der Waals surface area contributed by atoms with Crippen molar-refractivity contribution in [1.82, 2.24) is 0 Å². The first-order valence-electron chi connectivity index (χ1n) is 5.92. The van der Waals surface area contributed by atoms with Gasteiger partial charge in [0.1, 0.15) is 0 Å². The lowest BCUT2D eigenvalue weighted by molar-refractivity contribution is -0.135. The Bertz CT molecular complexity index is 457. The SMILES string of the molecule is C=CCC(=O)O.c1ccc(Pc2ccccc2)cc1. The highest BCUT2D eigenvalue weighted by Crippen LogP contribution is 2.08. The molecule has 0 heterocycles. The van der Waals surface area contributed by atoms with Crippen molar-refractivity contribution in [2.45, 2.75) is 6.42 Å². The van der Waals surface area contributed by atoms with Gasteiger partial charge in [0.2, 0.25) is 0 Å². The highest BCUT2D eigenvalue weighted by Gasteiger charge is 1.92. The van der Waals surface area contributed by atoms with Crippen molar-refractivity contribution in [3.63, 3.8) is 0 Å². The van der Waals surface area contributed by atoms with Gasteiger partial charge >= 0.3 is 5.97 Å². The Kier molecular flexibility index (Phi) is 7.23. The van der Waals surface area contributed by atoms with E-state index in [0.29, 0.717) is 0 Å². The molecular formula is C16H17O2P. The minimum atomic E-state index is -0.829. The second-order valence-electron chi connectivity index (χ2n) is 3.74. The minimum absolute atomic E-state index is 0.0556. The van der Waals surface area contributed by atoms with Gasteiger partial charge in [0.25, 0.3) is 0 Å². The van der Waals surface area contributed by atoms with E-state index in [1.165, 1.54) is 16.7 Å². The van der Waals surface area contributed by atoms with E-state index in [1.54, 1.807) is 0 Å². The van der Waals surface area contributed by atoms with Gasteiger partial charge in [-0.15, -0.1) is 6.58 Å². The summed E-state index contributed by atoms with van der Waals surface area (Å²) in [6.45, 7) is 3.22. The highest BCUT2D eigenvalue weighted by molar-refractivity contribution is 7.55. The Balaban J connectivity index is 0.000000258. The number of rotatable bonds is 4. The Morgan fingerprint density at radius 1 is 1.00 bits per heavy atom. The van der Waals surface area contributed by atoms with Crippen LogP contribution in [-0.2, 0) is 4.79 Å². The number of benzene rings is 2. The van der Waals surface area contributed by atoms with Gasteiger partial charge in [0, 0.05) is 0 Å². The molecule has 2 rings (SSSR count). The average Bonchev–Trinajstić information content (AvgIpc) is 2.41. The van der Waals surface area contributed by atoms with E-state index in [4.69, 9.17) is 5.11 Å². The molecule has 0 bridgehead atoms. The van der Waals surface area contributed by atoms with Crippen molar-refractivity contribution < 1.29 is 9.90 Å². The lowest BCUT2D eigenvalue weighted by atomic mass is 10.4. The van der Waals surface area contributed by atoms with Crippen LogP contribution in [0.15, 0.2) is 73.3 Å². The van der Waals surface area contributed by atoms with E-state index in [-0.39, 0.29) is 6.42 Å². The summed E-state index contributed by atoms with van der Waals surface area (Å²) in [7, 11) is 0.777. The fourth-order valence-corrected chi connectivity index (χ4v) is 2.38. The van der Waals surface area contributed by atoms with E-state index >= 15 is 0 Å². The molecule has 19 heavy (non-hydrogen) atoms. The topological polar surface area (TPSA) is 37.3 Å². The zero-order valence-corrected chi connectivity index (χ0v) is 11.6. The number of hydrogen-bond donors (Lipinski definition) is 1. The molecule has 0 aliphatic rings. The van der Waals surface area contributed by atoms with Gasteiger partial charge in [-0.3, -0.25) is 4.79 Å². The van der Waals surface area contributed by atoms with E-state index in [2.05, 4.69) is 67.2 Å². The summed E-state index contributed by atoms with van der Waals surface area (Å²) >= 11 is 0. The predicted octanol–water partition coefficient (Wildman–Crippen LogP) is 2.96. The Morgan fingerprint density at radius 3 is 1.68 bits per heavy atom. The lowest BCUT2D eigenvalue weighted by Gasteiger charge is -2.00. The molecule has 0 aliphatic heterocycles. The van der Waals surface area contributed by atoms with E-state index in [9.17, 15) is 4.79 Å². The maximum absolute atomic E-state index is 9.53. The second-order valence-corrected chi connectivity index (χ2v) is 5.15. The summed E-state index contributed by atoms with van der Waals surface area (Å²) < 4.78 is 0. The zero-order chi connectivity index (χ0) is 13.9. The van der Waals surface area contributed by atoms with Crippen LogP contribution in [0.1, 0.15) is 6.42 Å². The number of hydrogen-bond acceptors (Lipinski definition) is 1. The Labute approximate surface area is 115 Å². The van der Waals surface area contributed by atoms with Crippen LogP contribution in [-0.4, -0.2) is 11.1 Å². The van der Waals surface area contributed by atoms with Crippen molar-refractivity contribution >= 4 is 25.2 Å². The fraction of sp³-hybridized carbons (Fsp3) is 0.0625. The van der Waals surface area contributed by atoms with Crippen LogP contribution < -0.4 is 10.6 Å². The van der Waals surface area contributed by atoms with Crippen LogP contribution >= 0.6 is 8.58 Å².